The molecule has 3 heterocycles. The molecule has 1 aromatic heterocycles. The maximum atomic E-state index is 14.0. The van der Waals surface area contributed by atoms with Gasteiger partial charge in [0.1, 0.15) is 36.8 Å². The van der Waals surface area contributed by atoms with Crippen LogP contribution in [0.25, 0.3) is 0 Å². The topological polar surface area (TPSA) is 149 Å². The van der Waals surface area contributed by atoms with E-state index in [0.29, 0.717) is 50.9 Å². The van der Waals surface area contributed by atoms with Crippen LogP contribution < -0.4 is 29.6 Å². The van der Waals surface area contributed by atoms with Gasteiger partial charge in [-0.2, -0.15) is 0 Å². The van der Waals surface area contributed by atoms with Gasteiger partial charge in [0.2, 0.25) is 5.91 Å². The molecule has 0 fully saturated rings. The molecule has 3 amide bonds. The number of aliphatic carboxylic acids is 1. The predicted molar refractivity (Wildman–Crippen MR) is 219 cm³/mol. The summed E-state index contributed by atoms with van der Waals surface area (Å²) in [5, 5.41) is 16.6. The summed E-state index contributed by atoms with van der Waals surface area (Å²) in [7, 11) is 0. The number of pyridine rings is 1. The van der Waals surface area contributed by atoms with Crippen molar-refractivity contribution in [2.24, 2.45) is 0 Å². The zero-order chi connectivity index (χ0) is 40.8. The van der Waals surface area contributed by atoms with Gasteiger partial charge < -0.3 is 39.6 Å². The minimum Gasteiger partial charge on any atom is -0.489 e. The molecule has 12 nitrogen and oxygen atoms in total. The van der Waals surface area contributed by atoms with Gasteiger partial charge in [0, 0.05) is 25.6 Å². The lowest BCUT2D eigenvalue weighted by atomic mass is 9.92. The second-order valence-corrected chi connectivity index (χ2v) is 14.7. The van der Waals surface area contributed by atoms with E-state index in [0.717, 1.165) is 28.0 Å². The standard InChI is InChI=1S/C44H40Cl2N4O8/c1-3-26(2)57-34-11-6-27(7-12-34)18-37(43(52)53)49-42(51)38-19-30-20-39-40(21-31(30)23-50(38)44(54)48-32-5-4-16-47-22-32)58-41(25-56-39)29-9-13-33(14-10-29)55-24-28-8-15-35(45)36(46)17-28/h3-17,20-22,37-38,41H,18-19,23-25H2,1-2H3,(H,48,54)(H,49,51)(H,52,53). The molecule has 58 heavy (non-hydrogen) atoms. The first kappa shape index (κ1) is 40.0. The SMILES string of the molecule is CC=C(C)Oc1ccc(CC(NC(=O)C2Cc3cc4c(cc3CN2C(=O)Nc2cccnc2)OC(c2ccc(OCc3ccc(Cl)c(Cl)c3)cc2)CO4)C(=O)O)cc1. The second kappa shape index (κ2) is 17.9. The van der Waals surface area contributed by atoms with E-state index in [9.17, 15) is 19.5 Å². The largest absolute Gasteiger partial charge is 0.489 e. The molecule has 0 saturated heterocycles. The van der Waals surface area contributed by atoms with Gasteiger partial charge in [-0.1, -0.05) is 53.5 Å². The molecule has 3 unspecified atom stereocenters. The van der Waals surface area contributed by atoms with Crippen LogP contribution in [-0.4, -0.2) is 51.6 Å². The smallest absolute Gasteiger partial charge is 0.326 e. The normalized spacial score (nSPS) is 16.4. The van der Waals surface area contributed by atoms with Gasteiger partial charge in [0.05, 0.1) is 27.7 Å². The average molecular weight is 824 g/mol. The number of carboxylic acids is 1. The third-order valence-electron chi connectivity index (χ3n) is 9.84. The molecule has 5 aromatic rings. The molecule has 14 heteroatoms. The number of carbonyl (C=O) groups is 3. The molecule has 7 rings (SSSR count). The van der Waals surface area contributed by atoms with Crippen molar-refractivity contribution in [1.29, 1.82) is 0 Å². The Morgan fingerprint density at radius 1 is 0.948 bits per heavy atom. The summed E-state index contributed by atoms with van der Waals surface area (Å²) in [4.78, 5) is 45.8. The molecule has 0 bridgehead atoms. The highest BCUT2D eigenvalue weighted by Gasteiger charge is 2.38. The Balaban J connectivity index is 1.06. The van der Waals surface area contributed by atoms with Gasteiger partial charge >= 0.3 is 12.0 Å². The van der Waals surface area contributed by atoms with Crippen molar-refractivity contribution >= 4 is 46.8 Å². The molecular weight excluding hydrogens is 783 g/mol. The summed E-state index contributed by atoms with van der Waals surface area (Å²) in [5.74, 6) is 1.18. The quantitative estimate of drug-likeness (QED) is 0.105. The number of ether oxygens (including phenoxy) is 4. The predicted octanol–water partition coefficient (Wildman–Crippen LogP) is 8.55. The number of aromatic nitrogens is 1. The van der Waals surface area contributed by atoms with Crippen molar-refractivity contribution in [3.05, 3.63) is 153 Å². The number of fused-ring (bicyclic) bond motifs is 2. The minimum absolute atomic E-state index is 0.0173. The van der Waals surface area contributed by atoms with E-state index in [1.165, 1.54) is 11.1 Å². The molecule has 4 aromatic carbocycles. The number of nitrogens with one attached hydrogen (secondary N) is 2. The van der Waals surface area contributed by atoms with Gasteiger partial charge in [-0.3, -0.25) is 9.78 Å². The van der Waals surface area contributed by atoms with Crippen molar-refractivity contribution < 1.29 is 38.4 Å². The van der Waals surface area contributed by atoms with Crippen LogP contribution in [0, 0.1) is 0 Å². The number of hydrogen-bond acceptors (Lipinski definition) is 8. The number of carbonyl (C=O) groups excluding carboxylic acids is 2. The number of amides is 3. The van der Waals surface area contributed by atoms with Gasteiger partial charge in [-0.15, -0.1) is 0 Å². The van der Waals surface area contributed by atoms with Crippen LogP contribution in [0.15, 0.2) is 115 Å². The Kier molecular flexibility index (Phi) is 12.3. The third-order valence-corrected chi connectivity index (χ3v) is 10.6. The molecule has 2 aliphatic heterocycles. The Hall–Kier alpha value is -6.24. The number of nitrogens with zero attached hydrogens (tertiary/aromatic N) is 2. The lowest BCUT2D eigenvalue weighted by molar-refractivity contribution is -0.142. The molecule has 0 saturated carbocycles. The van der Waals surface area contributed by atoms with Crippen molar-refractivity contribution in [3.8, 4) is 23.0 Å². The fraction of sp³-hybridized carbons (Fsp3) is 0.227. The third kappa shape index (κ3) is 9.64. The van der Waals surface area contributed by atoms with Crippen LogP contribution in [0.5, 0.6) is 23.0 Å². The zero-order valence-electron chi connectivity index (χ0n) is 31.6. The Morgan fingerprint density at radius 2 is 1.69 bits per heavy atom. The van der Waals surface area contributed by atoms with Gasteiger partial charge in [-0.05, 0) is 108 Å². The van der Waals surface area contributed by atoms with E-state index < -0.39 is 36.1 Å². The number of halogens is 2. The van der Waals surface area contributed by atoms with Crippen molar-refractivity contribution in [2.75, 3.05) is 11.9 Å². The van der Waals surface area contributed by atoms with Crippen LogP contribution in [0.3, 0.4) is 0 Å². The zero-order valence-corrected chi connectivity index (χ0v) is 33.1. The van der Waals surface area contributed by atoms with Crippen LogP contribution in [0.4, 0.5) is 10.5 Å². The van der Waals surface area contributed by atoms with Crippen LogP contribution in [0.1, 0.15) is 47.8 Å². The number of urea groups is 1. The van der Waals surface area contributed by atoms with Crippen molar-refractivity contribution in [3.63, 3.8) is 0 Å². The first-order valence-electron chi connectivity index (χ1n) is 18.6. The molecule has 2 aliphatic rings. The highest BCUT2D eigenvalue weighted by molar-refractivity contribution is 6.42. The molecular formula is C44H40Cl2N4O8. The van der Waals surface area contributed by atoms with E-state index in [4.69, 9.17) is 42.1 Å². The summed E-state index contributed by atoms with van der Waals surface area (Å²) >= 11 is 12.2. The maximum absolute atomic E-state index is 14.0. The minimum atomic E-state index is -1.26. The first-order chi connectivity index (χ1) is 28.0. The highest BCUT2D eigenvalue weighted by atomic mass is 35.5. The fourth-order valence-electron chi connectivity index (χ4n) is 6.61. The summed E-state index contributed by atoms with van der Waals surface area (Å²) in [6.07, 6.45) is 4.62. The molecule has 0 aliphatic carbocycles. The van der Waals surface area contributed by atoms with Crippen LogP contribution >= 0.6 is 23.2 Å². The second-order valence-electron chi connectivity index (χ2n) is 13.9. The Morgan fingerprint density at radius 3 is 2.40 bits per heavy atom. The number of carboxylic acid groups (broad SMARTS) is 1. The molecule has 298 valence electrons. The van der Waals surface area contributed by atoms with E-state index in [1.807, 2.05) is 62.4 Å². The summed E-state index contributed by atoms with van der Waals surface area (Å²) in [6.45, 7) is 4.29. The van der Waals surface area contributed by atoms with Crippen molar-refractivity contribution in [2.45, 2.75) is 58.0 Å². The van der Waals surface area contributed by atoms with Gasteiger partial charge in [-0.25, -0.2) is 9.59 Å². The highest BCUT2D eigenvalue weighted by Crippen LogP contribution is 2.41. The first-order valence-corrected chi connectivity index (χ1v) is 19.3. The number of allylic oxidation sites excluding steroid dienone is 2. The van der Waals surface area contributed by atoms with E-state index in [2.05, 4.69) is 15.6 Å². The summed E-state index contributed by atoms with van der Waals surface area (Å²) in [6, 6.07) is 24.1. The molecule has 3 N–H and O–H groups in total. The lowest BCUT2D eigenvalue weighted by Crippen LogP contribution is -2.56. The molecule has 3 atom stereocenters. The monoisotopic (exact) mass is 822 g/mol. The number of benzene rings is 4. The summed E-state index contributed by atoms with van der Waals surface area (Å²) < 4.78 is 24.3. The maximum Gasteiger partial charge on any atom is 0.326 e. The fourth-order valence-corrected chi connectivity index (χ4v) is 6.93. The van der Waals surface area contributed by atoms with E-state index in [1.54, 1.807) is 54.7 Å². The van der Waals surface area contributed by atoms with E-state index >= 15 is 0 Å². The number of anilines is 1. The van der Waals surface area contributed by atoms with Crippen molar-refractivity contribution in [1.82, 2.24) is 15.2 Å². The lowest BCUT2D eigenvalue weighted by Gasteiger charge is -2.37. The number of hydrogen-bond donors (Lipinski definition) is 3. The van der Waals surface area contributed by atoms with Crippen LogP contribution in [-0.2, 0) is 35.6 Å². The average Bonchev–Trinajstić information content (AvgIpc) is 3.23. The molecule has 0 spiro atoms. The Bertz CT molecular complexity index is 2320. The molecule has 0 radical (unpaired) electrons. The van der Waals surface area contributed by atoms with Gasteiger partial charge in [0.25, 0.3) is 0 Å². The number of rotatable bonds is 12. The van der Waals surface area contributed by atoms with E-state index in [-0.39, 0.29) is 26.0 Å². The van der Waals surface area contributed by atoms with Gasteiger partial charge in [0.15, 0.2) is 17.6 Å². The summed E-state index contributed by atoms with van der Waals surface area (Å²) in [5.41, 5.74) is 4.41. The van der Waals surface area contributed by atoms with Crippen LogP contribution in [0.2, 0.25) is 10.0 Å². The Labute approximate surface area is 345 Å².